The van der Waals surface area contributed by atoms with Crippen molar-refractivity contribution in [2.24, 2.45) is 11.8 Å². The summed E-state index contributed by atoms with van der Waals surface area (Å²) in [6.45, 7) is 5.58. The van der Waals surface area contributed by atoms with E-state index in [2.05, 4.69) is 5.32 Å². The number of likely N-dealkylation sites (N-methyl/N-ethyl adjacent to an activating group) is 1. The van der Waals surface area contributed by atoms with Crippen LogP contribution < -0.4 is 5.32 Å². The zero-order chi connectivity index (χ0) is 17.7. The average molecular weight is 335 g/mol. The first-order valence-electron chi connectivity index (χ1n) is 8.66. The number of carbonyl (C=O) groups excluding carboxylic acids is 2. The van der Waals surface area contributed by atoms with Gasteiger partial charge in [0.25, 0.3) is 0 Å². The quantitative estimate of drug-likeness (QED) is 0.862. The van der Waals surface area contributed by atoms with E-state index in [0.717, 1.165) is 25.1 Å². The van der Waals surface area contributed by atoms with Crippen LogP contribution in [0.4, 0.5) is 0 Å². The molecule has 6 nitrogen and oxygen atoms in total. The highest BCUT2D eigenvalue weighted by molar-refractivity contribution is 5.82. The van der Waals surface area contributed by atoms with Gasteiger partial charge in [0.15, 0.2) is 0 Å². The van der Waals surface area contributed by atoms with E-state index >= 15 is 0 Å². The van der Waals surface area contributed by atoms with Gasteiger partial charge in [-0.05, 0) is 39.1 Å². The molecule has 0 radical (unpaired) electrons. The molecule has 1 aromatic rings. The van der Waals surface area contributed by atoms with Crippen molar-refractivity contribution in [2.45, 2.75) is 32.7 Å². The van der Waals surface area contributed by atoms with Gasteiger partial charge in [-0.2, -0.15) is 0 Å². The fourth-order valence-electron chi connectivity index (χ4n) is 3.12. The molecule has 1 N–H and O–H groups in total. The Bertz CT molecular complexity index is 540. The number of hydrogen-bond donors (Lipinski definition) is 1. The molecule has 1 aliphatic heterocycles. The molecular weight excluding hydrogens is 306 g/mol. The molecule has 1 fully saturated rings. The third kappa shape index (κ3) is 4.60. The molecule has 1 aliphatic rings. The predicted octanol–water partition coefficient (Wildman–Crippen LogP) is 1.89. The van der Waals surface area contributed by atoms with Gasteiger partial charge in [0.05, 0.1) is 18.2 Å². The van der Waals surface area contributed by atoms with Gasteiger partial charge < -0.3 is 14.6 Å². The SMILES string of the molecule is CC(C)C(=O)N1CCC[C@H](C(=O)NC[C@@H](c2ccco2)N(C)C)C1. The number of nitrogens with one attached hydrogen (secondary N) is 1. The molecule has 0 spiro atoms. The lowest BCUT2D eigenvalue weighted by atomic mass is 9.96. The fourth-order valence-corrected chi connectivity index (χ4v) is 3.12. The average Bonchev–Trinajstić information content (AvgIpc) is 3.08. The molecule has 6 heteroatoms. The summed E-state index contributed by atoms with van der Waals surface area (Å²) >= 11 is 0. The molecule has 2 amide bonds. The third-order valence-corrected chi connectivity index (χ3v) is 4.56. The van der Waals surface area contributed by atoms with Gasteiger partial charge in [0.2, 0.25) is 11.8 Å². The van der Waals surface area contributed by atoms with Crippen molar-refractivity contribution in [1.29, 1.82) is 0 Å². The molecule has 1 aromatic heterocycles. The van der Waals surface area contributed by atoms with E-state index in [9.17, 15) is 9.59 Å². The van der Waals surface area contributed by atoms with Crippen LogP contribution >= 0.6 is 0 Å². The number of rotatable bonds is 6. The molecule has 0 unspecified atom stereocenters. The zero-order valence-corrected chi connectivity index (χ0v) is 15.1. The Kier molecular flexibility index (Phi) is 6.43. The van der Waals surface area contributed by atoms with Crippen LogP contribution in [0.1, 0.15) is 38.5 Å². The Morgan fingerprint density at radius 2 is 2.17 bits per heavy atom. The van der Waals surface area contributed by atoms with E-state index in [1.54, 1.807) is 6.26 Å². The van der Waals surface area contributed by atoms with Gasteiger partial charge in [-0.25, -0.2) is 0 Å². The van der Waals surface area contributed by atoms with Gasteiger partial charge in [0.1, 0.15) is 5.76 Å². The maximum absolute atomic E-state index is 12.5. The van der Waals surface area contributed by atoms with Crippen molar-refractivity contribution in [3.8, 4) is 0 Å². The maximum atomic E-state index is 12.5. The van der Waals surface area contributed by atoms with Gasteiger partial charge >= 0.3 is 0 Å². The summed E-state index contributed by atoms with van der Waals surface area (Å²) in [4.78, 5) is 28.5. The predicted molar refractivity (Wildman–Crippen MR) is 92.3 cm³/mol. The molecular formula is C18H29N3O3. The van der Waals surface area contributed by atoms with Crippen LogP contribution in [0.15, 0.2) is 22.8 Å². The first-order valence-corrected chi connectivity index (χ1v) is 8.66. The van der Waals surface area contributed by atoms with Crippen molar-refractivity contribution in [3.05, 3.63) is 24.2 Å². The summed E-state index contributed by atoms with van der Waals surface area (Å²) in [6.07, 6.45) is 3.36. The molecule has 0 bridgehead atoms. The lowest BCUT2D eigenvalue weighted by Crippen LogP contribution is -2.47. The molecule has 0 aromatic carbocycles. The van der Waals surface area contributed by atoms with Crippen LogP contribution in [0.5, 0.6) is 0 Å². The number of furan rings is 1. The summed E-state index contributed by atoms with van der Waals surface area (Å²) in [5.41, 5.74) is 0. The molecule has 134 valence electrons. The van der Waals surface area contributed by atoms with E-state index in [0.29, 0.717) is 13.1 Å². The van der Waals surface area contributed by atoms with E-state index in [1.807, 2.05) is 49.9 Å². The highest BCUT2D eigenvalue weighted by atomic mass is 16.3. The number of carbonyl (C=O) groups is 2. The standard InChI is InChI=1S/C18H29N3O3/c1-13(2)18(23)21-9-5-7-14(12-21)17(22)19-11-15(20(3)4)16-8-6-10-24-16/h6,8,10,13-15H,5,7,9,11-12H2,1-4H3,(H,19,22)/t14-,15-/m0/s1. The lowest BCUT2D eigenvalue weighted by Gasteiger charge is -2.33. The molecule has 0 saturated carbocycles. The number of amides is 2. The number of hydrogen-bond acceptors (Lipinski definition) is 4. The Labute approximate surface area is 144 Å². The second kappa shape index (κ2) is 8.33. The Balaban J connectivity index is 1.90. The highest BCUT2D eigenvalue weighted by Crippen LogP contribution is 2.20. The fraction of sp³-hybridized carbons (Fsp3) is 0.667. The number of nitrogens with zero attached hydrogens (tertiary/aromatic N) is 2. The Morgan fingerprint density at radius 3 is 2.75 bits per heavy atom. The Hall–Kier alpha value is -1.82. The minimum absolute atomic E-state index is 0.000870. The normalized spacial score (nSPS) is 19.6. The molecule has 2 atom stereocenters. The minimum Gasteiger partial charge on any atom is -0.468 e. The van der Waals surface area contributed by atoms with Crippen molar-refractivity contribution < 1.29 is 14.0 Å². The van der Waals surface area contributed by atoms with Gasteiger partial charge in [-0.1, -0.05) is 13.8 Å². The summed E-state index contributed by atoms with van der Waals surface area (Å²) in [5, 5.41) is 3.03. The maximum Gasteiger partial charge on any atom is 0.225 e. The molecule has 0 aliphatic carbocycles. The summed E-state index contributed by atoms with van der Waals surface area (Å²) in [5.74, 6) is 0.842. The van der Waals surface area contributed by atoms with Crippen molar-refractivity contribution in [2.75, 3.05) is 33.7 Å². The smallest absolute Gasteiger partial charge is 0.225 e. The second-order valence-corrected chi connectivity index (χ2v) is 7.02. The summed E-state index contributed by atoms with van der Waals surface area (Å²) in [6, 6.07) is 3.77. The van der Waals surface area contributed by atoms with Crippen molar-refractivity contribution in [3.63, 3.8) is 0 Å². The van der Waals surface area contributed by atoms with Crippen LogP contribution in [0.3, 0.4) is 0 Å². The van der Waals surface area contributed by atoms with Gasteiger partial charge in [0, 0.05) is 25.6 Å². The van der Waals surface area contributed by atoms with E-state index in [4.69, 9.17) is 4.42 Å². The zero-order valence-electron chi connectivity index (χ0n) is 15.1. The largest absolute Gasteiger partial charge is 0.468 e. The molecule has 2 heterocycles. The third-order valence-electron chi connectivity index (χ3n) is 4.56. The Morgan fingerprint density at radius 1 is 1.42 bits per heavy atom. The van der Waals surface area contributed by atoms with Crippen LogP contribution in [0.2, 0.25) is 0 Å². The van der Waals surface area contributed by atoms with Crippen LogP contribution in [-0.4, -0.2) is 55.3 Å². The minimum atomic E-state index is -0.124. The summed E-state index contributed by atoms with van der Waals surface area (Å²) < 4.78 is 5.46. The van der Waals surface area contributed by atoms with Gasteiger partial charge in [-0.15, -0.1) is 0 Å². The van der Waals surface area contributed by atoms with Crippen LogP contribution in [0.25, 0.3) is 0 Å². The van der Waals surface area contributed by atoms with E-state index < -0.39 is 0 Å². The van der Waals surface area contributed by atoms with Crippen LogP contribution in [0, 0.1) is 11.8 Å². The van der Waals surface area contributed by atoms with Crippen molar-refractivity contribution in [1.82, 2.24) is 15.1 Å². The van der Waals surface area contributed by atoms with Gasteiger partial charge in [-0.3, -0.25) is 14.5 Å². The molecule has 1 saturated heterocycles. The first-order chi connectivity index (χ1) is 11.4. The summed E-state index contributed by atoms with van der Waals surface area (Å²) in [7, 11) is 3.92. The molecule has 24 heavy (non-hydrogen) atoms. The monoisotopic (exact) mass is 335 g/mol. The highest BCUT2D eigenvalue weighted by Gasteiger charge is 2.30. The topological polar surface area (TPSA) is 65.8 Å². The second-order valence-electron chi connectivity index (χ2n) is 7.02. The number of piperidine rings is 1. The first kappa shape index (κ1) is 18.5. The van der Waals surface area contributed by atoms with E-state index in [-0.39, 0.29) is 29.7 Å². The van der Waals surface area contributed by atoms with Crippen LogP contribution in [-0.2, 0) is 9.59 Å². The van der Waals surface area contributed by atoms with E-state index in [1.165, 1.54) is 0 Å². The lowest BCUT2D eigenvalue weighted by molar-refractivity contribution is -0.138. The molecule has 2 rings (SSSR count). The number of likely N-dealkylation sites (tertiary alicyclic amines) is 1. The van der Waals surface area contributed by atoms with Crippen molar-refractivity contribution >= 4 is 11.8 Å².